The summed E-state index contributed by atoms with van der Waals surface area (Å²) in [7, 11) is 0. The Morgan fingerprint density at radius 2 is 1.94 bits per heavy atom. The van der Waals surface area contributed by atoms with Gasteiger partial charge in [-0.2, -0.15) is 0 Å². The molecule has 186 valence electrons. The molecule has 0 unspecified atom stereocenters. The number of nitrogens with zero attached hydrogens (tertiary/aromatic N) is 2. The quantitative estimate of drug-likeness (QED) is 0.198. The molecule has 1 aromatic carbocycles. The summed E-state index contributed by atoms with van der Waals surface area (Å²) in [5.74, 6) is 1.67. The number of nitrogens with one attached hydrogen (secondary N) is 1. The topological polar surface area (TPSA) is 107 Å². The Hall–Kier alpha value is -2.94. The third-order valence-electron chi connectivity index (χ3n) is 5.64. The van der Waals surface area contributed by atoms with Crippen molar-refractivity contribution >= 4 is 27.7 Å². The van der Waals surface area contributed by atoms with Gasteiger partial charge in [0.05, 0.1) is 11.1 Å². The molecule has 1 saturated carbocycles. The Morgan fingerprint density at radius 1 is 1.20 bits per heavy atom. The zero-order valence-electron chi connectivity index (χ0n) is 20.7. The van der Waals surface area contributed by atoms with Crippen LogP contribution in [0.4, 0.5) is 0 Å². The minimum Gasteiger partial charge on any atom is -0.492 e. The van der Waals surface area contributed by atoms with Gasteiger partial charge in [0.1, 0.15) is 17.0 Å². The molecular formula is C26H30BrN3O5. The van der Waals surface area contributed by atoms with E-state index in [0.29, 0.717) is 57.8 Å². The highest BCUT2D eigenvalue weighted by molar-refractivity contribution is 9.10. The third-order valence-corrected chi connectivity index (χ3v) is 6.26. The van der Waals surface area contributed by atoms with Gasteiger partial charge < -0.3 is 18.9 Å². The number of esters is 1. The van der Waals surface area contributed by atoms with Crippen molar-refractivity contribution < 1.29 is 23.5 Å². The van der Waals surface area contributed by atoms with E-state index in [9.17, 15) is 9.59 Å². The number of ether oxygens (including phenoxy) is 2. The van der Waals surface area contributed by atoms with Gasteiger partial charge in [0.15, 0.2) is 5.78 Å². The van der Waals surface area contributed by atoms with Crippen molar-refractivity contribution in [2.75, 3.05) is 6.61 Å². The van der Waals surface area contributed by atoms with Crippen molar-refractivity contribution in [1.82, 2.24) is 15.2 Å². The fourth-order valence-electron chi connectivity index (χ4n) is 3.83. The van der Waals surface area contributed by atoms with Crippen LogP contribution in [0.2, 0.25) is 0 Å². The standard InChI is InChI=1S/C26H30BrN3O5/c1-14-21(15(2)28-22(14)25-30-29-24(34-25)16-8-9-16)23(32)17-10-11-19(18(27)13-17)33-12-6-7-20(31)35-26(3,4)5/h10-11,13,16,28H,6-9,12H2,1-5H3. The highest BCUT2D eigenvalue weighted by atomic mass is 79.9. The highest BCUT2D eigenvalue weighted by Gasteiger charge is 2.31. The van der Waals surface area contributed by atoms with Crippen molar-refractivity contribution in [3.8, 4) is 17.3 Å². The van der Waals surface area contributed by atoms with Crippen molar-refractivity contribution in [2.45, 2.75) is 71.8 Å². The monoisotopic (exact) mass is 543 g/mol. The van der Waals surface area contributed by atoms with Gasteiger partial charge in [0, 0.05) is 29.2 Å². The number of carbonyl (C=O) groups is 2. The van der Waals surface area contributed by atoms with E-state index < -0.39 is 5.60 Å². The summed E-state index contributed by atoms with van der Waals surface area (Å²) in [5, 5.41) is 8.32. The fourth-order valence-corrected chi connectivity index (χ4v) is 4.32. The normalized spacial score (nSPS) is 13.7. The third kappa shape index (κ3) is 6.01. The van der Waals surface area contributed by atoms with Gasteiger partial charge in [-0.3, -0.25) is 9.59 Å². The van der Waals surface area contributed by atoms with E-state index in [0.717, 1.165) is 24.1 Å². The summed E-state index contributed by atoms with van der Waals surface area (Å²) in [4.78, 5) is 28.4. The molecule has 9 heteroatoms. The van der Waals surface area contributed by atoms with Gasteiger partial charge in [-0.25, -0.2) is 0 Å². The van der Waals surface area contributed by atoms with Crippen LogP contribution in [0.25, 0.3) is 11.6 Å². The minimum atomic E-state index is -0.495. The lowest BCUT2D eigenvalue weighted by Crippen LogP contribution is -2.23. The van der Waals surface area contributed by atoms with Gasteiger partial charge in [-0.1, -0.05) is 0 Å². The minimum absolute atomic E-state index is 0.110. The van der Waals surface area contributed by atoms with Crippen LogP contribution in [-0.4, -0.2) is 39.1 Å². The maximum atomic E-state index is 13.4. The van der Waals surface area contributed by atoms with Crippen LogP contribution >= 0.6 is 15.9 Å². The van der Waals surface area contributed by atoms with E-state index in [4.69, 9.17) is 13.9 Å². The molecule has 1 aliphatic carbocycles. The van der Waals surface area contributed by atoms with E-state index >= 15 is 0 Å². The van der Waals surface area contributed by atoms with Crippen LogP contribution < -0.4 is 4.74 Å². The number of H-pyrrole nitrogens is 1. The first-order valence-electron chi connectivity index (χ1n) is 11.8. The molecule has 0 aliphatic heterocycles. The van der Waals surface area contributed by atoms with Gasteiger partial charge in [0.25, 0.3) is 5.89 Å². The van der Waals surface area contributed by atoms with Crippen molar-refractivity contribution in [1.29, 1.82) is 0 Å². The maximum absolute atomic E-state index is 13.4. The van der Waals surface area contributed by atoms with Gasteiger partial charge >= 0.3 is 5.97 Å². The average Bonchev–Trinajstić information content (AvgIpc) is 3.43. The predicted octanol–water partition coefficient (Wildman–Crippen LogP) is 6.05. The van der Waals surface area contributed by atoms with Gasteiger partial charge in [-0.15, -0.1) is 10.2 Å². The maximum Gasteiger partial charge on any atom is 0.306 e. The number of rotatable bonds is 9. The summed E-state index contributed by atoms with van der Waals surface area (Å²) in [5.41, 5.74) is 2.81. The molecule has 0 atom stereocenters. The second-order valence-corrected chi connectivity index (χ2v) is 10.7. The Morgan fingerprint density at radius 3 is 2.60 bits per heavy atom. The summed E-state index contributed by atoms with van der Waals surface area (Å²) in [6, 6.07) is 5.23. The van der Waals surface area contributed by atoms with E-state index in [1.807, 2.05) is 34.6 Å². The number of aryl methyl sites for hydroxylation is 1. The molecule has 0 saturated heterocycles. The van der Waals surface area contributed by atoms with Crippen LogP contribution in [0.5, 0.6) is 5.75 Å². The molecule has 1 N–H and O–H groups in total. The molecule has 35 heavy (non-hydrogen) atoms. The fraction of sp³-hybridized carbons (Fsp3) is 0.462. The molecule has 2 heterocycles. The molecule has 0 bridgehead atoms. The first kappa shape index (κ1) is 25.2. The van der Waals surface area contributed by atoms with E-state index in [-0.39, 0.29) is 18.2 Å². The molecule has 8 nitrogen and oxygen atoms in total. The molecule has 1 fully saturated rings. The second-order valence-electron chi connectivity index (χ2n) is 9.86. The second kappa shape index (κ2) is 9.97. The molecule has 0 radical (unpaired) electrons. The predicted molar refractivity (Wildman–Crippen MR) is 134 cm³/mol. The number of hydrogen-bond donors (Lipinski definition) is 1. The SMILES string of the molecule is Cc1[nH]c(-c2nnc(C3CC3)o2)c(C)c1C(=O)c1ccc(OCCCC(=O)OC(C)(C)C)c(Br)c1. The zero-order valence-corrected chi connectivity index (χ0v) is 22.2. The van der Waals surface area contributed by atoms with Gasteiger partial charge in [0.2, 0.25) is 5.89 Å². The van der Waals surface area contributed by atoms with Crippen molar-refractivity contribution in [2.24, 2.45) is 0 Å². The highest BCUT2D eigenvalue weighted by Crippen LogP contribution is 2.40. The van der Waals surface area contributed by atoms with Gasteiger partial charge in [-0.05, 0) is 93.6 Å². The number of aromatic nitrogens is 3. The van der Waals surface area contributed by atoms with Crippen LogP contribution in [0.3, 0.4) is 0 Å². The summed E-state index contributed by atoms with van der Waals surface area (Å²) in [6.45, 7) is 9.62. The van der Waals surface area contributed by atoms with Crippen LogP contribution in [0.1, 0.15) is 85.4 Å². The Bertz CT molecular complexity index is 1250. The molecule has 3 aromatic rings. The average molecular weight is 544 g/mol. The Labute approximate surface area is 212 Å². The lowest BCUT2D eigenvalue weighted by molar-refractivity contribution is -0.155. The molecule has 4 rings (SSSR count). The van der Waals surface area contributed by atoms with E-state index in [2.05, 4.69) is 31.1 Å². The zero-order chi connectivity index (χ0) is 25.3. The largest absolute Gasteiger partial charge is 0.492 e. The number of aromatic amines is 1. The van der Waals surface area contributed by atoms with Crippen LogP contribution in [0.15, 0.2) is 27.1 Å². The summed E-state index contributed by atoms with van der Waals surface area (Å²) in [6.07, 6.45) is 2.96. The molecule has 0 amide bonds. The van der Waals surface area contributed by atoms with Crippen molar-refractivity contribution in [3.63, 3.8) is 0 Å². The number of carbonyl (C=O) groups excluding carboxylic acids is 2. The lowest BCUT2D eigenvalue weighted by Gasteiger charge is -2.19. The van der Waals surface area contributed by atoms with E-state index in [1.54, 1.807) is 18.2 Å². The first-order valence-corrected chi connectivity index (χ1v) is 12.5. The Balaban J connectivity index is 1.41. The molecule has 1 aliphatic rings. The summed E-state index contributed by atoms with van der Waals surface area (Å²) >= 11 is 3.50. The Kier molecular flexibility index (Phi) is 7.17. The van der Waals surface area contributed by atoms with E-state index in [1.165, 1.54) is 0 Å². The summed E-state index contributed by atoms with van der Waals surface area (Å²) < 4.78 is 17.6. The lowest BCUT2D eigenvalue weighted by atomic mass is 9.99. The number of halogens is 1. The number of benzene rings is 1. The first-order chi connectivity index (χ1) is 16.5. The molecule has 0 spiro atoms. The van der Waals surface area contributed by atoms with Crippen LogP contribution in [0, 0.1) is 13.8 Å². The molecule has 2 aromatic heterocycles. The van der Waals surface area contributed by atoms with Crippen molar-refractivity contribution in [3.05, 3.63) is 50.9 Å². The number of hydrogen-bond acceptors (Lipinski definition) is 7. The smallest absolute Gasteiger partial charge is 0.306 e. The number of ketones is 1. The van der Waals surface area contributed by atoms with Crippen LogP contribution in [-0.2, 0) is 9.53 Å². The molecular weight excluding hydrogens is 514 g/mol.